The lowest BCUT2D eigenvalue weighted by Crippen LogP contribution is -3.11. The molecule has 4 nitrogen and oxygen atoms in total. The SMILES string of the molecule is S=c1n(C[NH+]2CCc3ccccc3C2)nc2ccccn12. The van der Waals surface area contributed by atoms with Crippen LogP contribution < -0.4 is 4.90 Å². The van der Waals surface area contributed by atoms with Crippen molar-refractivity contribution in [3.05, 3.63) is 64.6 Å². The van der Waals surface area contributed by atoms with Crippen LogP contribution in [0.4, 0.5) is 0 Å². The molecule has 5 heteroatoms. The van der Waals surface area contributed by atoms with Gasteiger partial charge in [0, 0.05) is 18.2 Å². The van der Waals surface area contributed by atoms with Crippen LogP contribution in [0.1, 0.15) is 11.1 Å². The highest BCUT2D eigenvalue weighted by Crippen LogP contribution is 2.10. The van der Waals surface area contributed by atoms with Gasteiger partial charge in [-0.25, -0.2) is 0 Å². The molecule has 4 rings (SSSR count). The molecule has 0 amide bonds. The standard InChI is InChI=1S/C16H16N4S/c21-16-19-9-4-3-7-15(19)17-20(16)12-18-10-8-13-5-1-2-6-14(13)11-18/h1-7,9H,8,10-12H2/p+1. The van der Waals surface area contributed by atoms with Crippen molar-refractivity contribution in [2.75, 3.05) is 6.54 Å². The van der Waals surface area contributed by atoms with Gasteiger partial charge in [-0.05, 0) is 29.9 Å². The molecule has 1 aliphatic rings. The van der Waals surface area contributed by atoms with Crippen molar-refractivity contribution in [1.29, 1.82) is 0 Å². The van der Waals surface area contributed by atoms with E-state index in [-0.39, 0.29) is 0 Å². The van der Waals surface area contributed by atoms with Crippen LogP contribution in [-0.2, 0) is 19.6 Å². The van der Waals surface area contributed by atoms with Crippen molar-refractivity contribution in [3.8, 4) is 0 Å². The molecule has 1 unspecified atom stereocenters. The summed E-state index contributed by atoms with van der Waals surface area (Å²) in [5.41, 5.74) is 3.85. The fourth-order valence-electron chi connectivity index (χ4n) is 3.06. The highest BCUT2D eigenvalue weighted by Gasteiger charge is 2.20. The van der Waals surface area contributed by atoms with Gasteiger partial charge in [-0.3, -0.25) is 4.40 Å². The molecule has 106 valence electrons. The van der Waals surface area contributed by atoms with E-state index < -0.39 is 0 Å². The molecule has 2 aromatic heterocycles. The monoisotopic (exact) mass is 297 g/mol. The van der Waals surface area contributed by atoms with Crippen LogP contribution in [0, 0.1) is 4.77 Å². The van der Waals surface area contributed by atoms with Gasteiger partial charge in [-0.1, -0.05) is 30.3 Å². The molecule has 3 heterocycles. The van der Waals surface area contributed by atoms with E-state index in [0.717, 1.165) is 36.6 Å². The summed E-state index contributed by atoms with van der Waals surface area (Å²) in [6.07, 6.45) is 3.11. The average molecular weight is 297 g/mol. The quantitative estimate of drug-likeness (QED) is 0.725. The van der Waals surface area contributed by atoms with Crippen LogP contribution in [0.2, 0.25) is 0 Å². The molecule has 1 N–H and O–H groups in total. The Bertz CT molecular complexity index is 849. The molecule has 3 aromatic rings. The molecular formula is C16H17N4S+. The lowest BCUT2D eigenvalue weighted by Gasteiger charge is -2.25. The molecule has 1 aromatic carbocycles. The van der Waals surface area contributed by atoms with E-state index in [0.29, 0.717) is 0 Å². The van der Waals surface area contributed by atoms with E-state index in [1.165, 1.54) is 16.0 Å². The van der Waals surface area contributed by atoms with E-state index in [4.69, 9.17) is 12.2 Å². The molecule has 1 atom stereocenters. The molecule has 0 bridgehead atoms. The fourth-order valence-corrected chi connectivity index (χ4v) is 3.32. The van der Waals surface area contributed by atoms with Crippen LogP contribution in [0.15, 0.2) is 48.7 Å². The Kier molecular flexibility index (Phi) is 3.09. The Morgan fingerprint density at radius 1 is 1.10 bits per heavy atom. The first-order valence-electron chi connectivity index (χ1n) is 7.26. The van der Waals surface area contributed by atoms with E-state index >= 15 is 0 Å². The molecule has 21 heavy (non-hydrogen) atoms. The number of pyridine rings is 1. The van der Waals surface area contributed by atoms with Gasteiger partial charge in [0.1, 0.15) is 6.54 Å². The number of hydrogen-bond acceptors (Lipinski definition) is 2. The predicted molar refractivity (Wildman–Crippen MR) is 83.7 cm³/mol. The minimum Gasteiger partial charge on any atom is -0.312 e. The number of nitrogens with one attached hydrogen (secondary N) is 1. The van der Waals surface area contributed by atoms with E-state index in [2.05, 4.69) is 29.4 Å². The molecule has 1 aliphatic heterocycles. The second-order valence-electron chi connectivity index (χ2n) is 5.56. The normalized spacial score (nSPS) is 17.8. The average Bonchev–Trinajstić information content (AvgIpc) is 2.84. The number of hydrogen-bond donors (Lipinski definition) is 1. The molecule has 0 fully saturated rings. The van der Waals surface area contributed by atoms with Gasteiger partial charge < -0.3 is 4.90 Å². The molecule has 0 radical (unpaired) electrons. The lowest BCUT2D eigenvalue weighted by atomic mass is 10.0. The Balaban J connectivity index is 1.61. The van der Waals surface area contributed by atoms with Crippen LogP contribution in [0.3, 0.4) is 0 Å². The van der Waals surface area contributed by atoms with Crippen LogP contribution >= 0.6 is 12.2 Å². The zero-order valence-electron chi connectivity index (χ0n) is 11.7. The van der Waals surface area contributed by atoms with Gasteiger partial charge in [0.2, 0.25) is 4.77 Å². The minimum atomic E-state index is 0.775. The van der Waals surface area contributed by atoms with Crippen LogP contribution in [0.25, 0.3) is 5.65 Å². The second kappa shape index (κ2) is 5.09. The Morgan fingerprint density at radius 3 is 2.76 bits per heavy atom. The summed E-state index contributed by atoms with van der Waals surface area (Å²) >= 11 is 5.52. The maximum Gasteiger partial charge on any atom is 0.207 e. The number of nitrogens with zero attached hydrogens (tertiary/aromatic N) is 3. The van der Waals surface area contributed by atoms with Gasteiger partial charge in [0.05, 0.1) is 6.54 Å². The van der Waals surface area contributed by atoms with Gasteiger partial charge in [0.25, 0.3) is 0 Å². The van der Waals surface area contributed by atoms with E-state index in [1.807, 2.05) is 33.5 Å². The number of benzene rings is 1. The van der Waals surface area contributed by atoms with Gasteiger partial charge in [-0.15, -0.1) is 5.10 Å². The first kappa shape index (κ1) is 12.7. The molecule has 0 aliphatic carbocycles. The third kappa shape index (κ3) is 2.28. The summed E-state index contributed by atoms with van der Waals surface area (Å²) in [5, 5.41) is 4.62. The highest BCUT2D eigenvalue weighted by molar-refractivity contribution is 7.71. The largest absolute Gasteiger partial charge is 0.312 e. The third-order valence-electron chi connectivity index (χ3n) is 4.17. The Morgan fingerprint density at radius 2 is 1.90 bits per heavy atom. The Labute approximate surface area is 128 Å². The van der Waals surface area contributed by atoms with Gasteiger partial charge >= 0.3 is 0 Å². The second-order valence-corrected chi connectivity index (χ2v) is 5.93. The molecule has 0 saturated carbocycles. The van der Waals surface area contributed by atoms with Crippen LogP contribution in [-0.4, -0.2) is 20.7 Å². The minimum absolute atomic E-state index is 0.775. The van der Waals surface area contributed by atoms with Crippen molar-refractivity contribution in [1.82, 2.24) is 14.2 Å². The number of quaternary nitrogens is 1. The predicted octanol–water partition coefficient (Wildman–Crippen LogP) is 1.46. The fraction of sp³-hybridized carbons (Fsp3) is 0.250. The van der Waals surface area contributed by atoms with E-state index in [1.54, 1.807) is 0 Å². The number of rotatable bonds is 2. The highest BCUT2D eigenvalue weighted by atomic mass is 32.1. The van der Waals surface area contributed by atoms with Crippen LogP contribution in [0.5, 0.6) is 0 Å². The maximum absolute atomic E-state index is 5.52. The number of fused-ring (bicyclic) bond motifs is 2. The summed E-state index contributed by atoms with van der Waals surface area (Å²) in [6.45, 7) is 3.01. The zero-order valence-corrected chi connectivity index (χ0v) is 12.5. The molecular weight excluding hydrogens is 280 g/mol. The van der Waals surface area contributed by atoms with Crippen molar-refractivity contribution in [2.45, 2.75) is 19.6 Å². The van der Waals surface area contributed by atoms with Crippen molar-refractivity contribution in [2.24, 2.45) is 0 Å². The Hall–Kier alpha value is -1.98. The summed E-state index contributed by atoms with van der Waals surface area (Å²) in [7, 11) is 0. The van der Waals surface area contributed by atoms with Gasteiger partial charge in [0.15, 0.2) is 12.3 Å². The first-order chi connectivity index (χ1) is 10.3. The summed E-state index contributed by atoms with van der Waals surface area (Å²) < 4.78 is 4.69. The summed E-state index contributed by atoms with van der Waals surface area (Å²) in [6, 6.07) is 14.7. The van der Waals surface area contributed by atoms with Crippen molar-refractivity contribution in [3.63, 3.8) is 0 Å². The topological polar surface area (TPSA) is 26.7 Å². The third-order valence-corrected chi connectivity index (χ3v) is 4.58. The summed E-state index contributed by atoms with van der Waals surface area (Å²) in [5.74, 6) is 0. The molecule has 0 spiro atoms. The maximum atomic E-state index is 5.52. The van der Waals surface area contributed by atoms with Crippen molar-refractivity contribution < 1.29 is 4.90 Å². The van der Waals surface area contributed by atoms with E-state index in [9.17, 15) is 0 Å². The first-order valence-corrected chi connectivity index (χ1v) is 7.67. The molecule has 0 saturated heterocycles. The zero-order chi connectivity index (χ0) is 14.2. The van der Waals surface area contributed by atoms with Crippen molar-refractivity contribution >= 4 is 17.9 Å². The smallest absolute Gasteiger partial charge is 0.207 e. The van der Waals surface area contributed by atoms with Gasteiger partial charge in [-0.2, -0.15) is 4.68 Å². The summed E-state index contributed by atoms with van der Waals surface area (Å²) in [4.78, 5) is 1.51. The number of aromatic nitrogens is 3. The lowest BCUT2D eigenvalue weighted by molar-refractivity contribution is -0.939.